The van der Waals surface area contributed by atoms with Gasteiger partial charge in [-0.2, -0.15) is 5.26 Å². The molecule has 0 radical (unpaired) electrons. The van der Waals surface area contributed by atoms with Crippen LogP contribution < -0.4 is 4.74 Å². The van der Waals surface area contributed by atoms with Crippen LogP contribution in [0.5, 0.6) is 5.75 Å². The van der Waals surface area contributed by atoms with Gasteiger partial charge in [-0.15, -0.1) is 0 Å². The molecule has 0 atom stereocenters. The molecule has 1 aromatic carbocycles. The van der Waals surface area contributed by atoms with Gasteiger partial charge in [0.25, 0.3) is 0 Å². The SMILES string of the molecule is COc1ccc2nc(SCc3cn4ccccc4c3C#N)[nH]c2c1. The molecule has 4 rings (SSSR count). The van der Waals surface area contributed by atoms with E-state index in [1.54, 1.807) is 18.9 Å². The lowest BCUT2D eigenvalue weighted by molar-refractivity contribution is 0.415. The van der Waals surface area contributed by atoms with E-state index in [1.165, 1.54) is 0 Å². The molecule has 0 unspecified atom stereocenters. The quantitative estimate of drug-likeness (QED) is 0.573. The van der Waals surface area contributed by atoms with E-state index in [9.17, 15) is 5.26 Å². The topological polar surface area (TPSA) is 66.1 Å². The molecule has 0 saturated heterocycles. The molecular weight excluding hydrogens is 320 g/mol. The number of nitrogens with one attached hydrogen (secondary N) is 1. The molecule has 0 aliphatic carbocycles. The van der Waals surface area contributed by atoms with Gasteiger partial charge in [0.2, 0.25) is 0 Å². The van der Waals surface area contributed by atoms with Crippen molar-refractivity contribution in [1.82, 2.24) is 14.4 Å². The zero-order valence-corrected chi connectivity index (χ0v) is 13.8. The lowest BCUT2D eigenvalue weighted by Gasteiger charge is -1.97. The van der Waals surface area contributed by atoms with Crippen LogP contribution in [0.1, 0.15) is 11.1 Å². The highest BCUT2D eigenvalue weighted by molar-refractivity contribution is 7.98. The van der Waals surface area contributed by atoms with Gasteiger partial charge in [-0.05, 0) is 29.8 Å². The zero-order chi connectivity index (χ0) is 16.5. The number of fused-ring (bicyclic) bond motifs is 2. The number of pyridine rings is 1. The first-order valence-corrected chi connectivity index (χ1v) is 8.42. The van der Waals surface area contributed by atoms with E-state index in [1.807, 2.05) is 53.2 Å². The molecular formula is C18H14N4OS. The predicted octanol–water partition coefficient (Wildman–Crippen LogP) is 3.99. The summed E-state index contributed by atoms with van der Waals surface area (Å²) in [6.07, 6.45) is 3.96. The monoisotopic (exact) mass is 334 g/mol. The van der Waals surface area contributed by atoms with Crippen molar-refractivity contribution in [3.63, 3.8) is 0 Å². The van der Waals surface area contributed by atoms with E-state index >= 15 is 0 Å². The number of imidazole rings is 1. The van der Waals surface area contributed by atoms with Crippen LogP contribution in [-0.4, -0.2) is 21.5 Å². The fourth-order valence-corrected chi connectivity index (χ4v) is 3.58. The van der Waals surface area contributed by atoms with Crippen LogP contribution in [0.4, 0.5) is 0 Å². The Morgan fingerprint density at radius 1 is 1.33 bits per heavy atom. The molecule has 0 amide bonds. The van der Waals surface area contributed by atoms with Crippen LogP contribution in [-0.2, 0) is 5.75 Å². The molecule has 0 saturated carbocycles. The lowest BCUT2D eigenvalue weighted by Crippen LogP contribution is -1.83. The number of benzene rings is 1. The summed E-state index contributed by atoms with van der Waals surface area (Å²) in [5.41, 5.74) is 4.51. The van der Waals surface area contributed by atoms with E-state index in [2.05, 4.69) is 16.0 Å². The molecule has 118 valence electrons. The third kappa shape index (κ3) is 2.49. The summed E-state index contributed by atoms with van der Waals surface area (Å²) in [7, 11) is 1.65. The molecule has 6 heteroatoms. The number of nitrogens with zero attached hydrogens (tertiary/aromatic N) is 3. The Bertz CT molecular complexity index is 1070. The second-order valence-electron chi connectivity index (χ2n) is 5.35. The van der Waals surface area contributed by atoms with Gasteiger partial charge in [-0.3, -0.25) is 0 Å². The first-order valence-electron chi connectivity index (χ1n) is 7.43. The summed E-state index contributed by atoms with van der Waals surface area (Å²) in [6, 6.07) is 13.9. The number of nitriles is 1. The van der Waals surface area contributed by atoms with Crippen LogP contribution >= 0.6 is 11.8 Å². The summed E-state index contributed by atoms with van der Waals surface area (Å²) in [6.45, 7) is 0. The molecule has 4 aromatic rings. The molecule has 0 aliphatic heterocycles. The Hall–Kier alpha value is -2.91. The number of thioether (sulfide) groups is 1. The molecule has 0 fully saturated rings. The van der Waals surface area contributed by atoms with Crippen molar-refractivity contribution in [2.45, 2.75) is 10.9 Å². The predicted molar refractivity (Wildman–Crippen MR) is 94.3 cm³/mol. The number of methoxy groups -OCH3 is 1. The highest BCUT2D eigenvalue weighted by atomic mass is 32.2. The van der Waals surface area contributed by atoms with Crippen LogP contribution in [0.3, 0.4) is 0 Å². The second-order valence-corrected chi connectivity index (χ2v) is 6.31. The third-order valence-corrected chi connectivity index (χ3v) is 4.83. The summed E-state index contributed by atoms with van der Waals surface area (Å²) in [5, 5.41) is 10.3. The Kier molecular flexibility index (Phi) is 3.63. The van der Waals surface area contributed by atoms with Crippen molar-refractivity contribution in [1.29, 1.82) is 5.26 Å². The summed E-state index contributed by atoms with van der Waals surface area (Å²) < 4.78 is 7.22. The number of ether oxygens (including phenoxy) is 1. The number of hydrogen-bond donors (Lipinski definition) is 1. The number of rotatable bonds is 4. The van der Waals surface area contributed by atoms with Gasteiger partial charge in [-0.25, -0.2) is 4.98 Å². The van der Waals surface area contributed by atoms with Gasteiger partial charge in [0, 0.05) is 24.2 Å². The minimum atomic E-state index is 0.682. The van der Waals surface area contributed by atoms with E-state index in [0.717, 1.165) is 38.6 Å². The van der Waals surface area contributed by atoms with E-state index < -0.39 is 0 Å². The molecule has 0 aliphatic rings. The first kappa shape index (κ1) is 14.7. The van der Waals surface area contributed by atoms with E-state index in [4.69, 9.17) is 4.74 Å². The van der Waals surface area contributed by atoms with Gasteiger partial charge in [0.15, 0.2) is 5.16 Å². The van der Waals surface area contributed by atoms with Gasteiger partial charge in [-0.1, -0.05) is 17.8 Å². The average Bonchev–Trinajstić information content (AvgIpc) is 3.19. The average molecular weight is 334 g/mol. The minimum absolute atomic E-state index is 0.682. The van der Waals surface area contributed by atoms with Gasteiger partial charge < -0.3 is 14.1 Å². The van der Waals surface area contributed by atoms with Crippen LogP contribution in [0, 0.1) is 11.3 Å². The van der Waals surface area contributed by atoms with E-state index in [0.29, 0.717) is 5.75 Å². The maximum Gasteiger partial charge on any atom is 0.166 e. The highest BCUT2D eigenvalue weighted by Gasteiger charge is 2.11. The Balaban J connectivity index is 1.62. The van der Waals surface area contributed by atoms with Crippen molar-refractivity contribution in [3.05, 3.63) is 59.9 Å². The number of aromatic amines is 1. The lowest BCUT2D eigenvalue weighted by atomic mass is 10.2. The van der Waals surface area contributed by atoms with Crippen LogP contribution in [0.15, 0.2) is 53.9 Å². The first-order chi connectivity index (χ1) is 11.8. The normalized spacial score (nSPS) is 11.0. The third-order valence-electron chi connectivity index (χ3n) is 3.91. The molecule has 24 heavy (non-hydrogen) atoms. The van der Waals surface area contributed by atoms with Gasteiger partial charge in [0.1, 0.15) is 11.8 Å². The van der Waals surface area contributed by atoms with Crippen LogP contribution in [0.2, 0.25) is 0 Å². The van der Waals surface area contributed by atoms with Gasteiger partial charge >= 0.3 is 0 Å². The summed E-state index contributed by atoms with van der Waals surface area (Å²) in [5.74, 6) is 1.48. The maximum atomic E-state index is 9.46. The van der Waals surface area contributed by atoms with Gasteiger partial charge in [0.05, 0.1) is 29.2 Å². The van der Waals surface area contributed by atoms with Crippen molar-refractivity contribution in [2.24, 2.45) is 0 Å². The largest absolute Gasteiger partial charge is 0.497 e. The molecule has 5 nitrogen and oxygen atoms in total. The Labute approximate surface area is 142 Å². The highest BCUT2D eigenvalue weighted by Crippen LogP contribution is 2.28. The number of aromatic nitrogens is 3. The standard InChI is InChI=1S/C18H14N4OS/c1-23-13-5-6-15-16(8-13)21-18(20-15)24-11-12-10-22-7-3-2-4-17(22)14(12)9-19/h2-8,10H,11H2,1H3,(H,20,21). The fourth-order valence-electron chi connectivity index (χ4n) is 2.72. The second kappa shape index (κ2) is 5.95. The number of hydrogen-bond acceptors (Lipinski definition) is 4. The summed E-state index contributed by atoms with van der Waals surface area (Å²) in [4.78, 5) is 7.87. The van der Waals surface area contributed by atoms with E-state index in [-0.39, 0.29) is 0 Å². The van der Waals surface area contributed by atoms with Crippen LogP contribution in [0.25, 0.3) is 16.6 Å². The summed E-state index contributed by atoms with van der Waals surface area (Å²) >= 11 is 1.59. The molecule has 0 bridgehead atoms. The Morgan fingerprint density at radius 3 is 3.08 bits per heavy atom. The van der Waals surface area contributed by atoms with Crippen molar-refractivity contribution in [3.8, 4) is 11.8 Å². The Morgan fingerprint density at radius 2 is 2.25 bits per heavy atom. The molecule has 3 aromatic heterocycles. The maximum absolute atomic E-state index is 9.46. The molecule has 3 heterocycles. The smallest absolute Gasteiger partial charge is 0.166 e. The molecule has 0 spiro atoms. The number of H-pyrrole nitrogens is 1. The minimum Gasteiger partial charge on any atom is -0.497 e. The van der Waals surface area contributed by atoms with Crippen molar-refractivity contribution < 1.29 is 4.74 Å². The molecule has 1 N–H and O–H groups in total. The fraction of sp³-hybridized carbons (Fsp3) is 0.111. The van der Waals surface area contributed by atoms with Crippen molar-refractivity contribution >= 4 is 28.3 Å². The van der Waals surface area contributed by atoms with Crippen molar-refractivity contribution in [2.75, 3.05) is 7.11 Å². The zero-order valence-electron chi connectivity index (χ0n) is 13.0.